The standard InChI is InChI=1S/C15H17NO2/c1-15(2,3)11-9-13(17)16-7-8-18-12-6-4-5-10(11)14(12)16/h4-6,9H,7-8H2,1-3H3. The second-order valence-electron chi connectivity index (χ2n) is 5.80. The number of aromatic nitrogens is 1. The molecule has 0 atom stereocenters. The summed E-state index contributed by atoms with van der Waals surface area (Å²) in [4.78, 5) is 12.2. The lowest BCUT2D eigenvalue weighted by Gasteiger charge is -2.26. The van der Waals surface area contributed by atoms with Crippen molar-refractivity contribution < 1.29 is 4.74 Å². The van der Waals surface area contributed by atoms with E-state index >= 15 is 0 Å². The molecule has 94 valence electrons. The summed E-state index contributed by atoms with van der Waals surface area (Å²) in [5, 5.41) is 1.12. The predicted molar refractivity (Wildman–Crippen MR) is 72.4 cm³/mol. The molecular formula is C15H17NO2. The van der Waals surface area contributed by atoms with Crippen LogP contribution in [-0.2, 0) is 12.0 Å². The zero-order valence-corrected chi connectivity index (χ0v) is 11.0. The quantitative estimate of drug-likeness (QED) is 0.712. The van der Waals surface area contributed by atoms with Crippen LogP contribution in [0.3, 0.4) is 0 Å². The van der Waals surface area contributed by atoms with Crippen molar-refractivity contribution in [1.82, 2.24) is 4.57 Å². The summed E-state index contributed by atoms with van der Waals surface area (Å²) in [6.45, 7) is 7.60. The molecule has 3 nitrogen and oxygen atoms in total. The van der Waals surface area contributed by atoms with Gasteiger partial charge in [-0.3, -0.25) is 4.79 Å². The fourth-order valence-corrected chi connectivity index (χ4v) is 2.61. The van der Waals surface area contributed by atoms with Crippen molar-refractivity contribution >= 4 is 10.9 Å². The Kier molecular flexibility index (Phi) is 2.27. The van der Waals surface area contributed by atoms with Crippen molar-refractivity contribution in [3.8, 4) is 5.75 Å². The summed E-state index contributed by atoms with van der Waals surface area (Å²) in [6, 6.07) is 7.78. The van der Waals surface area contributed by atoms with Crippen LogP contribution in [0, 0.1) is 0 Å². The van der Waals surface area contributed by atoms with Gasteiger partial charge in [-0.15, -0.1) is 0 Å². The number of para-hydroxylation sites is 1. The zero-order valence-electron chi connectivity index (χ0n) is 11.0. The third-order valence-corrected chi connectivity index (χ3v) is 3.47. The number of pyridine rings is 1. The minimum absolute atomic E-state index is 0.0473. The van der Waals surface area contributed by atoms with Crippen LogP contribution >= 0.6 is 0 Å². The molecule has 0 aliphatic carbocycles. The van der Waals surface area contributed by atoms with Gasteiger partial charge in [-0.25, -0.2) is 0 Å². The molecule has 1 aromatic heterocycles. The smallest absolute Gasteiger partial charge is 0.251 e. The molecule has 18 heavy (non-hydrogen) atoms. The zero-order chi connectivity index (χ0) is 12.9. The molecular weight excluding hydrogens is 226 g/mol. The largest absolute Gasteiger partial charge is 0.490 e. The summed E-state index contributed by atoms with van der Waals surface area (Å²) < 4.78 is 7.48. The minimum atomic E-state index is -0.0473. The third kappa shape index (κ3) is 1.54. The summed E-state index contributed by atoms with van der Waals surface area (Å²) in [6.07, 6.45) is 0. The SMILES string of the molecule is CC(C)(C)c1cc(=O)n2c3c(cccc13)OCC2. The number of nitrogens with zero attached hydrogens (tertiary/aromatic N) is 1. The van der Waals surface area contributed by atoms with E-state index in [9.17, 15) is 4.79 Å². The summed E-state index contributed by atoms with van der Waals surface area (Å²) in [7, 11) is 0. The van der Waals surface area contributed by atoms with Crippen LogP contribution in [0.2, 0.25) is 0 Å². The molecule has 2 heterocycles. The van der Waals surface area contributed by atoms with Crippen molar-refractivity contribution in [3.63, 3.8) is 0 Å². The second kappa shape index (κ2) is 3.61. The molecule has 0 amide bonds. The molecule has 0 unspecified atom stereocenters. The molecule has 0 N–H and O–H groups in total. The van der Waals surface area contributed by atoms with Crippen LogP contribution in [-0.4, -0.2) is 11.2 Å². The van der Waals surface area contributed by atoms with E-state index in [0.29, 0.717) is 13.2 Å². The summed E-state index contributed by atoms with van der Waals surface area (Å²) in [5.41, 5.74) is 2.06. The van der Waals surface area contributed by atoms with Gasteiger partial charge in [0.25, 0.3) is 5.56 Å². The molecule has 0 saturated carbocycles. The van der Waals surface area contributed by atoms with Crippen molar-refractivity contribution in [2.24, 2.45) is 0 Å². The van der Waals surface area contributed by atoms with Gasteiger partial charge in [-0.05, 0) is 17.0 Å². The normalized spacial score (nSPS) is 14.6. The Morgan fingerprint density at radius 2 is 2.06 bits per heavy atom. The fourth-order valence-electron chi connectivity index (χ4n) is 2.61. The van der Waals surface area contributed by atoms with Crippen LogP contribution in [0.5, 0.6) is 5.75 Å². The highest BCUT2D eigenvalue weighted by Gasteiger charge is 2.22. The maximum atomic E-state index is 12.2. The van der Waals surface area contributed by atoms with Gasteiger partial charge in [0, 0.05) is 11.5 Å². The predicted octanol–water partition coefficient (Wildman–Crippen LogP) is 2.69. The number of hydrogen-bond acceptors (Lipinski definition) is 2. The van der Waals surface area contributed by atoms with Crippen LogP contribution in [0.4, 0.5) is 0 Å². The molecule has 3 rings (SSSR count). The second-order valence-corrected chi connectivity index (χ2v) is 5.80. The molecule has 1 aliphatic heterocycles. The van der Waals surface area contributed by atoms with Gasteiger partial charge in [0.15, 0.2) is 0 Å². The molecule has 0 spiro atoms. The molecule has 2 aromatic rings. The Morgan fingerprint density at radius 1 is 1.28 bits per heavy atom. The van der Waals surface area contributed by atoms with Gasteiger partial charge < -0.3 is 9.30 Å². The molecule has 0 fully saturated rings. The van der Waals surface area contributed by atoms with E-state index in [1.807, 2.05) is 16.7 Å². The summed E-state index contributed by atoms with van der Waals surface area (Å²) >= 11 is 0. The Balaban J connectivity index is 2.50. The minimum Gasteiger partial charge on any atom is -0.490 e. The lowest BCUT2D eigenvalue weighted by Crippen LogP contribution is -2.29. The Morgan fingerprint density at radius 3 is 2.78 bits per heavy atom. The highest BCUT2D eigenvalue weighted by atomic mass is 16.5. The van der Waals surface area contributed by atoms with Gasteiger partial charge >= 0.3 is 0 Å². The van der Waals surface area contributed by atoms with Crippen molar-refractivity contribution in [1.29, 1.82) is 0 Å². The number of benzene rings is 1. The lowest BCUT2D eigenvalue weighted by atomic mass is 9.84. The number of hydrogen-bond donors (Lipinski definition) is 0. The van der Waals surface area contributed by atoms with Crippen molar-refractivity contribution in [3.05, 3.63) is 40.2 Å². The van der Waals surface area contributed by atoms with Gasteiger partial charge in [0.1, 0.15) is 12.4 Å². The van der Waals surface area contributed by atoms with Crippen LogP contribution in [0.15, 0.2) is 29.1 Å². The molecule has 3 heteroatoms. The highest BCUT2D eigenvalue weighted by Crippen LogP contribution is 2.34. The van der Waals surface area contributed by atoms with Gasteiger partial charge in [0.2, 0.25) is 0 Å². The van der Waals surface area contributed by atoms with E-state index in [-0.39, 0.29) is 11.0 Å². The van der Waals surface area contributed by atoms with E-state index in [2.05, 4.69) is 26.8 Å². The first-order valence-corrected chi connectivity index (χ1v) is 6.28. The number of ether oxygens (including phenoxy) is 1. The van der Waals surface area contributed by atoms with E-state index in [1.54, 1.807) is 6.07 Å². The molecule has 0 radical (unpaired) electrons. The Bertz CT molecular complexity index is 677. The maximum absolute atomic E-state index is 12.2. The molecule has 1 aliphatic rings. The topological polar surface area (TPSA) is 31.2 Å². The third-order valence-electron chi connectivity index (χ3n) is 3.47. The van der Waals surface area contributed by atoms with E-state index in [1.165, 1.54) is 0 Å². The van der Waals surface area contributed by atoms with Gasteiger partial charge in [-0.1, -0.05) is 32.9 Å². The Hall–Kier alpha value is -1.77. The maximum Gasteiger partial charge on any atom is 0.251 e. The summed E-state index contributed by atoms with van der Waals surface area (Å²) in [5.74, 6) is 0.821. The number of rotatable bonds is 0. The van der Waals surface area contributed by atoms with E-state index < -0.39 is 0 Å². The van der Waals surface area contributed by atoms with E-state index in [0.717, 1.165) is 22.2 Å². The first kappa shape index (κ1) is 11.3. The van der Waals surface area contributed by atoms with Gasteiger partial charge in [-0.2, -0.15) is 0 Å². The van der Waals surface area contributed by atoms with E-state index in [4.69, 9.17) is 4.74 Å². The molecule has 1 aromatic carbocycles. The molecule has 0 bridgehead atoms. The average Bonchev–Trinajstić information content (AvgIpc) is 2.32. The first-order valence-electron chi connectivity index (χ1n) is 6.28. The highest BCUT2D eigenvalue weighted by molar-refractivity contribution is 5.89. The first-order chi connectivity index (χ1) is 8.48. The lowest BCUT2D eigenvalue weighted by molar-refractivity contribution is 0.284. The average molecular weight is 243 g/mol. The Labute approximate surface area is 106 Å². The van der Waals surface area contributed by atoms with Crippen LogP contribution < -0.4 is 10.3 Å². The van der Waals surface area contributed by atoms with Crippen molar-refractivity contribution in [2.75, 3.05) is 6.61 Å². The van der Waals surface area contributed by atoms with Crippen molar-refractivity contribution in [2.45, 2.75) is 32.7 Å². The molecule has 0 saturated heterocycles. The van der Waals surface area contributed by atoms with Crippen LogP contribution in [0.1, 0.15) is 26.3 Å². The monoisotopic (exact) mass is 243 g/mol. The van der Waals surface area contributed by atoms with Crippen LogP contribution in [0.25, 0.3) is 10.9 Å². The van der Waals surface area contributed by atoms with Gasteiger partial charge in [0.05, 0.1) is 12.1 Å². The fraction of sp³-hybridized carbons (Fsp3) is 0.400.